The highest BCUT2D eigenvalue weighted by Gasteiger charge is 2.06. The second kappa shape index (κ2) is 6.08. The molecule has 0 fully saturated rings. The number of carboxylic acid groups (broad SMARTS) is 1. The van der Waals surface area contributed by atoms with E-state index in [4.69, 9.17) is 5.11 Å². The molecule has 96 valence electrons. The van der Waals surface area contributed by atoms with Crippen LogP contribution in [0.5, 0.6) is 0 Å². The SMILES string of the molecule is Cc1nc(CCNCc2ccc(C(=O)O)s2)cs1. The number of carbonyl (C=O) groups is 1. The molecule has 2 aromatic rings. The van der Waals surface area contributed by atoms with Gasteiger partial charge in [0.25, 0.3) is 0 Å². The van der Waals surface area contributed by atoms with Crippen molar-refractivity contribution in [3.63, 3.8) is 0 Å². The Morgan fingerprint density at radius 3 is 2.94 bits per heavy atom. The number of aromatic nitrogens is 1. The van der Waals surface area contributed by atoms with Crippen molar-refractivity contribution >= 4 is 28.6 Å². The molecule has 0 radical (unpaired) electrons. The molecule has 2 aromatic heterocycles. The van der Waals surface area contributed by atoms with Gasteiger partial charge in [0.2, 0.25) is 0 Å². The van der Waals surface area contributed by atoms with E-state index in [9.17, 15) is 4.79 Å². The fourth-order valence-electron chi connectivity index (χ4n) is 1.54. The molecule has 0 atom stereocenters. The minimum atomic E-state index is -0.857. The highest BCUT2D eigenvalue weighted by atomic mass is 32.1. The van der Waals surface area contributed by atoms with Gasteiger partial charge in [0.1, 0.15) is 4.88 Å². The molecule has 0 amide bonds. The molecule has 0 saturated heterocycles. The van der Waals surface area contributed by atoms with E-state index < -0.39 is 5.97 Å². The molecule has 0 bridgehead atoms. The summed E-state index contributed by atoms with van der Waals surface area (Å²) >= 11 is 2.98. The van der Waals surface area contributed by atoms with Crippen LogP contribution in [-0.2, 0) is 13.0 Å². The second-order valence-electron chi connectivity index (χ2n) is 3.86. The van der Waals surface area contributed by atoms with Gasteiger partial charge in [-0.2, -0.15) is 0 Å². The van der Waals surface area contributed by atoms with E-state index in [1.165, 1.54) is 11.3 Å². The molecule has 2 N–H and O–H groups in total. The van der Waals surface area contributed by atoms with Crippen LogP contribution in [0.1, 0.15) is 25.3 Å². The van der Waals surface area contributed by atoms with Crippen molar-refractivity contribution in [3.05, 3.63) is 38.0 Å². The second-order valence-corrected chi connectivity index (χ2v) is 6.09. The van der Waals surface area contributed by atoms with E-state index in [-0.39, 0.29) is 0 Å². The van der Waals surface area contributed by atoms with Crippen LogP contribution in [0.3, 0.4) is 0 Å². The molecule has 0 unspecified atom stereocenters. The Bertz CT molecular complexity index is 534. The average molecular weight is 282 g/mol. The van der Waals surface area contributed by atoms with Crippen LogP contribution in [0.15, 0.2) is 17.5 Å². The summed E-state index contributed by atoms with van der Waals surface area (Å²) in [6, 6.07) is 3.50. The average Bonchev–Trinajstić information content (AvgIpc) is 2.93. The molecule has 0 aliphatic carbocycles. The van der Waals surface area contributed by atoms with Gasteiger partial charge >= 0.3 is 5.97 Å². The molecule has 4 nitrogen and oxygen atoms in total. The van der Waals surface area contributed by atoms with Crippen molar-refractivity contribution in [2.24, 2.45) is 0 Å². The van der Waals surface area contributed by atoms with Gasteiger partial charge in [-0.25, -0.2) is 9.78 Å². The third-order valence-corrected chi connectivity index (χ3v) is 4.29. The van der Waals surface area contributed by atoms with Crippen molar-refractivity contribution in [2.75, 3.05) is 6.54 Å². The lowest BCUT2D eigenvalue weighted by Crippen LogP contribution is -2.16. The van der Waals surface area contributed by atoms with Gasteiger partial charge in [0.05, 0.1) is 10.7 Å². The molecular formula is C12H14N2O2S2. The molecular weight excluding hydrogens is 268 g/mol. The molecule has 0 aliphatic heterocycles. The number of rotatable bonds is 6. The predicted molar refractivity (Wildman–Crippen MR) is 73.5 cm³/mol. The molecule has 2 heterocycles. The van der Waals surface area contributed by atoms with Crippen molar-refractivity contribution < 1.29 is 9.90 Å². The van der Waals surface area contributed by atoms with Crippen molar-refractivity contribution in [1.82, 2.24) is 10.3 Å². The van der Waals surface area contributed by atoms with Crippen LogP contribution in [0, 0.1) is 6.92 Å². The summed E-state index contributed by atoms with van der Waals surface area (Å²) in [5.41, 5.74) is 1.11. The Balaban J connectivity index is 1.73. The molecule has 18 heavy (non-hydrogen) atoms. The Morgan fingerprint density at radius 1 is 1.50 bits per heavy atom. The molecule has 6 heteroatoms. The number of nitrogens with zero attached hydrogens (tertiary/aromatic N) is 1. The summed E-state index contributed by atoms with van der Waals surface area (Å²) in [6.07, 6.45) is 0.904. The zero-order chi connectivity index (χ0) is 13.0. The Labute approximate surface area is 113 Å². The highest BCUT2D eigenvalue weighted by Crippen LogP contribution is 2.16. The first-order chi connectivity index (χ1) is 8.65. The Morgan fingerprint density at radius 2 is 2.33 bits per heavy atom. The highest BCUT2D eigenvalue weighted by molar-refractivity contribution is 7.13. The van der Waals surface area contributed by atoms with Gasteiger partial charge in [0.15, 0.2) is 0 Å². The van der Waals surface area contributed by atoms with Gasteiger partial charge in [-0.05, 0) is 19.1 Å². The number of thiazole rings is 1. The minimum Gasteiger partial charge on any atom is -0.477 e. The zero-order valence-electron chi connectivity index (χ0n) is 9.97. The van der Waals surface area contributed by atoms with E-state index in [0.717, 1.165) is 28.5 Å². The van der Waals surface area contributed by atoms with Crippen LogP contribution < -0.4 is 5.32 Å². The summed E-state index contributed by atoms with van der Waals surface area (Å²) in [5, 5.41) is 15.3. The summed E-state index contributed by atoms with van der Waals surface area (Å²) in [5.74, 6) is -0.857. The number of thiophene rings is 1. The third kappa shape index (κ3) is 3.63. The van der Waals surface area contributed by atoms with Gasteiger partial charge in [-0.1, -0.05) is 0 Å². The van der Waals surface area contributed by atoms with Crippen molar-refractivity contribution in [2.45, 2.75) is 19.9 Å². The maximum Gasteiger partial charge on any atom is 0.345 e. The van der Waals surface area contributed by atoms with Crippen molar-refractivity contribution in [3.8, 4) is 0 Å². The molecule has 2 rings (SSSR count). The van der Waals surface area contributed by atoms with Crippen molar-refractivity contribution in [1.29, 1.82) is 0 Å². The minimum absolute atomic E-state index is 0.391. The summed E-state index contributed by atoms with van der Waals surface area (Å²) in [6.45, 7) is 3.56. The first-order valence-electron chi connectivity index (χ1n) is 5.59. The Hall–Kier alpha value is -1.24. The smallest absolute Gasteiger partial charge is 0.345 e. The third-order valence-electron chi connectivity index (χ3n) is 2.40. The summed E-state index contributed by atoms with van der Waals surface area (Å²) < 4.78 is 0. The normalized spacial score (nSPS) is 10.7. The van der Waals surface area contributed by atoms with Gasteiger partial charge < -0.3 is 10.4 Å². The number of aryl methyl sites for hydroxylation is 1. The van der Waals surface area contributed by atoms with E-state index in [1.807, 2.05) is 13.0 Å². The van der Waals surface area contributed by atoms with Crippen LogP contribution >= 0.6 is 22.7 Å². The fraction of sp³-hybridized carbons (Fsp3) is 0.333. The molecule has 0 saturated carbocycles. The quantitative estimate of drug-likeness (QED) is 0.799. The standard InChI is InChI=1S/C12H14N2O2S2/c1-8-14-9(7-17-8)4-5-13-6-10-2-3-11(18-10)12(15)16/h2-3,7,13H,4-6H2,1H3,(H,15,16). The maximum atomic E-state index is 10.7. The predicted octanol–water partition coefficient (Wildman–Crippen LogP) is 2.54. The zero-order valence-corrected chi connectivity index (χ0v) is 11.6. The number of carboxylic acids is 1. The lowest BCUT2D eigenvalue weighted by molar-refractivity contribution is 0.0702. The maximum absolute atomic E-state index is 10.7. The molecule has 0 aliphatic rings. The van der Waals surface area contributed by atoms with Crippen LogP contribution in [0.2, 0.25) is 0 Å². The first-order valence-corrected chi connectivity index (χ1v) is 7.28. The molecule has 0 aromatic carbocycles. The number of hydrogen-bond donors (Lipinski definition) is 2. The van der Waals surface area contributed by atoms with Crippen LogP contribution in [0.4, 0.5) is 0 Å². The Kier molecular flexibility index (Phi) is 4.46. The first kappa shape index (κ1) is 13.2. The number of nitrogens with one attached hydrogen (secondary N) is 1. The number of hydrogen-bond acceptors (Lipinski definition) is 5. The molecule has 0 spiro atoms. The fourth-order valence-corrected chi connectivity index (χ4v) is 3.00. The number of aromatic carboxylic acids is 1. The lowest BCUT2D eigenvalue weighted by atomic mass is 10.3. The monoisotopic (exact) mass is 282 g/mol. The van der Waals surface area contributed by atoms with Gasteiger partial charge in [-0.3, -0.25) is 0 Å². The topological polar surface area (TPSA) is 62.2 Å². The van der Waals surface area contributed by atoms with E-state index in [0.29, 0.717) is 11.4 Å². The van der Waals surface area contributed by atoms with E-state index >= 15 is 0 Å². The lowest BCUT2D eigenvalue weighted by Gasteiger charge is -2.00. The van der Waals surface area contributed by atoms with Crippen LogP contribution in [0.25, 0.3) is 0 Å². The summed E-state index contributed by atoms with van der Waals surface area (Å²) in [4.78, 5) is 16.5. The van der Waals surface area contributed by atoms with E-state index in [1.54, 1.807) is 17.4 Å². The van der Waals surface area contributed by atoms with Gasteiger partial charge in [0, 0.05) is 29.8 Å². The van der Waals surface area contributed by atoms with Gasteiger partial charge in [-0.15, -0.1) is 22.7 Å². The van der Waals surface area contributed by atoms with Crippen LogP contribution in [-0.4, -0.2) is 22.6 Å². The summed E-state index contributed by atoms with van der Waals surface area (Å²) in [7, 11) is 0. The largest absolute Gasteiger partial charge is 0.477 e. The van der Waals surface area contributed by atoms with E-state index in [2.05, 4.69) is 15.7 Å².